The van der Waals surface area contributed by atoms with Gasteiger partial charge in [0.2, 0.25) is 5.91 Å². The van der Waals surface area contributed by atoms with Crippen LogP contribution in [0.25, 0.3) is 0 Å². The van der Waals surface area contributed by atoms with Crippen LogP contribution in [0.2, 0.25) is 0 Å². The first-order chi connectivity index (χ1) is 12.1. The Hall–Kier alpha value is -2.62. The van der Waals surface area contributed by atoms with Crippen LogP contribution in [0.15, 0.2) is 54.6 Å². The minimum Gasteiger partial charge on any atom is -0.494 e. The zero-order chi connectivity index (χ0) is 18.1. The Bertz CT molecular complexity index is 680. The molecule has 1 N–H and O–H groups in total. The van der Waals surface area contributed by atoms with Gasteiger partial charge in [0.05, 0.1) is 6.61 Å². The molecule has 0 unspecified atom stereocenters. The van der Waals surface area contributed by atoms with Crippen molar-refractivity contribution in [2.45, 2.75) is 32.6 Å². The molecule has 0 aliphatic carbocycles. The van der Waals surface area contributed by atoms with Crippen LogP contribution < -0.4 is 10.1 Å². The van der Waals surface area contributed by atoms with Crippen LogP contribution in [-0.4, -0.2) is 24.8 Å². The van der Waals surface area contributed by atoms with Gasteiger partial charge in [0.1, 0.15) is 5.75 Å². The van der Waals surface area contributed by atoms with Crippen molar-refractivity contribution in [3.63, 3.8) is 0 Å². The van der Waals surface area contributed by atoms with Crippen molar-refractivity contribution in [3.8, 4) is 5.75 Å². The van der Waals surface area contributed by atoms with E-state index in [1.165, 1.54) is 5.56 Å². The minimum atomic E-state index is -0.0953. The van der Waals surface area contributed by atoms with E-state index in [0.29, 0.717) is 18.7 Å². The molecule has 1 amide bonds. The van der Waals surface area contributed by atoms with Gasteiger partial charge < -0.3 is 10.1 Å². The normalized spacial score (nSPS) is 11.6. The van der Waals surface area contributed by atoms with Gasteiger partial charge in [-0.25, -0.2) is 0 Å². The summed E-state index contributed by atoms with van der Waals surface area (Å²) in [6.07, 6.45) is 0.410. The third-order valence-electron chi connectivity index (χ3n) is 4.04. The fourth-order valence-corrected chi connectivity index (χ4v) is 2.53. The predicted molar refractivity (Wildman–Crippen MR) is 99.0 cm³/mol. The number of carbonyl (C=O) groups is 2. The summed E-state index contributed by atoms with van der Waals surface area (Å²) in [5, 5.41) is 2.90. The van der Waals surface area contributed by atoms with Crippen molar-refractivity contribution in [3.05, 3.63) is 65.7 Å². The number of nitrogens with one attached hydrogen (secondary N) is 1. The molecule has 4 heteroatoms. The molecule has 0 aliphatic heterocycles. The molecule has 25 heavy (non-hydrogen) atoms. The van der Waals surface area contributed by atoms with E-state index in [0.717, 1.165) is 5.75 Å². The van der Waals surface area contributed by atoms with Crippen molar-refractivity contribution < 1.29 is 14.3 Å². The molecule has 0 aromatic heterocycles. The third kappa shape index (κ3) is 6.07. The average Bonchev–Trinajstić information content (AvgIpc) is 2.65. The number of benzene rings is 2. The molecule has 2 rings (SSSR count). The Morgan fingerprint density at radius 1 is 1.00 bits per heavy atom. The number of rotatable bonds is 9. The fraction of sp³-hybridized carbons (Fsp3) is 0.333. The molecule has 2 aromatic rings. The van der Waals surface area contributed by atoms with Crippen LogP contribution in [0.1, 0.15) is 48.5 Å². The first-order valence-corrected chi connectivity index (χ1v) is 8.68. The third-order valence-corrected chi connectivity index (χ3v) is 4.04. The topological polar surface area (TPSA) is 55.4 Å². The van der Waals surface area contributed by atoms with Gasteiger partial charge in [0, 0.05) is 24.9 Å². The summed E-state index contributed by atoms with van der Waals surface area (Å²) in [5.41, 5.74) is 1.79. The molecule has 0 bridgehead atoms. The van der Waals surface area contributed by atoms with Crippen molar-refractivity contribution in [2.75, 3.05) is 13.2 Å². The molecule has 132 valence electrons. The van der Waals surface area contributed by atoms with Crippen LogP contribution >= 0.6 is 0 Å². The molecule has 4 nitrogen and oxygen atoms in total. The van der Waals surface area contributed by atoms with E-state index in [4.69, 9.17) is 4.74 Å². The lowest BCUT2D eigenvalue weighted by Crippen LogP contribution is -2.27. The summed E-state index contributed by atoms with van der Waals surface area (Å²) in [7, 11) is 0. The largest absolute Gasteiger partial charge is 0.494 e. The van der Waals surface area contributed by atoms with Crippen LogP contribution in [0, 0.1) is 0 Å². The van der Waals surface area contributed by atoms with Gasteiger partial charge >= 0.3 is 0 Å². The Balaban J connectivity index is 1.74. The van der Waals surface area contributed by atoms with E-state index >= 15 is 0 Å². The molecule has 0 saturated heterocycles. The Labute approximate surface area is 149 Å². The average molecular weight is 339 g/mol. The number of hydrogen-bond acceptors (Lipinski definition) is 3. The first kappa shape index (κ1) is 18.7. The second kappa shape index (κ2) is 9.62. The lowest BCUT2D eigenvalue weighted by Gasteiger charge is -2.13. The summed E-state index contributed by atoms with van der Waals surface area (Å²) < 4.78 is 5.35. The van der Waals surface area contributed by atoms with Gasteiger partial charge in [-0.2, -0.15) is 0 Å². The summed E-state index contributed by atoms with van der Waals surface area (Å²) in [4.78, 5) is 24.1. The van der Waals surface area contributed by atoms with Gasteiger partial charge in [-0.1, -0.05) is 37.3 Å². The number of ketones is 1. The van der Waals surface area contributed by atoms with E-state index in [1.807, 2.05) is 37.3 Å². The first-order valence-electron chi connectivity index (χ1n) is 8.68. The molecule has 0 saturated carbocycles. The quantitative estimate of drug-likeness (QED) is 0.703. The van der Waals surface area contributed by atoms with E-state index in [-0.39, 0.29) is 30.4 Å². The number of ether oxygens (including phenoxy) is 1. The zero-order valence-electron chi connectivity index (χ0n) is 14.8. The Morgan fingerprint density at radius 3 is 2.32 bits per heavy atom. The highest BCUT2D eigenvalue weighted by molar-refractivity contribution is 5.98. The van der Waals surface area contributed by atoms with Crippen LogP contribution in [0.3, 0.4) is 0 Å². The molecule has 1 atom stereocenters. The zero-order valence-corrected chi connectivity index (χ0v) is 14.8. The number of hydrogen-bond donors (Lipinski definition) is 1. The fourth-order valence-electron chi connectivity index (χ4n) is 2.53. The Morgan fingerprint density at radius 2 is 1.68 bits per heavy atom. The van der Waals surface area contributed by atoms with Gasteiger partial charge in [-0.15, -0.1) is 0 Å². The minimum absolute atomic E-state index is 0.0330. The van der Waals surface area contributed by atoms with E-state index < -0.39 is 0 Å². The van der Waals surface area contributed by atoms with Gasteiger partial charge in [-0.05, 0) is 42.7 Å². The van der Waals surface area contributed by atoms with Crippen LogP contribution in [0.4, 0.5) is 0 Å². The van der Waals surface area contributed by atoms with E-state index in [2.05, 4.69) is 12.2 Å². The summed E-state index contributed by atoms with van der Waals surface area (Å²) in [5.74, 6) is 0.857. The molecule has 0 aliphatic rings. The van der Waals surface area contributed by atoms with Crippen molar-refractivity contribution >= 4 is 11.7 Å². The number of carbonyl (C=O) groups excluding carboxylic acids is 2. The standard InChI is InChI=1S/C21H25NO3/c1-3-25-19-11-9-18(10-12-19)20(23)13-14-21(24)22-15-16(2)17-7-5-4-6-8-17/h4-12,16H,3,13-15H2,1-2H3,(H,22,24)/t16-/m1/s1. The highest BCUT2D eigenvalue weighted by Gasteiger charge is 2.11. The summed E-state index contributed by atoms with van der Waals surface area (Å²) >= 11 is 0. The predicted octanol–water partition coefficient (Wildman–Crippen LogP) is 3.97. The lowest BCUT2D eigenvalue weighted by molar-refractivity contribution is -0.121. The van der Waals surface area contributed by atoms with Gasteiger partial charge in [0.15, 0.2) is 5.78 Å². The maximum Gasteiger partial charge on any atom is 0.220 e. The molecule has 0 fully saturated rings. The molecule has 0 radical (unpaired) electrons. The van der Waals surface area contributed by atoms with E-state index in [1.54, 1.807) is 24.3 Å². The van der Waals surface area contributed by atoms with Crippen LogP contribution in [-0.2, 0) is 4.79 Å². The number of amides is 1. The molecule has 0 spiro atoms. The van der Waals surface area contributed by atoms with E-state index in [9.17, 15) is 9.59 Å². The van der Waals surface area contributed by atoms with Crippen molar-refractivity contribution in [1.29, 1.82) is 0 Å². The second-order valence-electron chi connectivity index (χ2n) is 6.00. The Kier molecular flexibility index (Phi) is 7.20. The second-order valence-corrected chi connectivity index (χ2v) is 6.00. The molecule has 2 aromatic carbocycles. The molecular weight excluding hydrogens is 314 g/mol. The maximum atomic E-state index is 12.2. The van der Waals surface area contributed by atoms with Gasteiger partial charge in [0.25, 0.3) is 0 Å². The number of Topliss-reactive ketones (excluding diaryl/α,β-unsaturated/α-hetero) is 1. The smallest absolute Gasteiger partial charge is 0.220 e. The molecular formula is C21H25NO3. The summed E-state index contributed by atoms with van der Waals surface area (Å²) in [6, 6.07) is 17.1. The summed E-state index contributed by atoms with van der Waals surface area (Å²) in [6.45, 7) is 5.14. The lowest BCUT2D eigenvalue weighted by atomic mass is 10.0. The van der Waals surface area contributed by atoms with Crippen molar-refractivity contribution in [1.82, 2.24) is 5.32 Å². The molecule has 0 heterocycles. The van der Waals surface area contributed by atoms with Gasteiger partial charge in [-0.3, -0.25) is 9.59 Å². The highest BCUT2D eigenvalue weighted by atomic mass is 16.5. The maximum absolute atomic E-state index is 12.2. The highest BCUT2D eigenvalue weighted by Crippen LogP contribution is 2.15. The van der Waals surface area contributed by atoms with Crippen LogP contribution in [0.5, 0.6) is 5.75 Å². The van der Waals surface area contributed by atoms with Crippen molar-refractivity contribution in [2.24, 2.45) is 0 Å². The monoisotopic (exact) mass is 339 g/mol. The SMILES string of the molecule is CCOc1ccc(C(=O)CCC(=O)NC[C@@H](C)c2ccccc2)cc1.